The average Bonchev–Trinajstić information content (AvgIpc) is 3.48. The summed E-state index contributed by atoms with van der Waals surface area (Å²) in [6.07, 6.45) is 10.8. The van der Waals surface area contributed by atoms with E-state index < -0.39 is 0 Å². The molecule has 1 aliphatic rings. The smallest absolute Gasteiger partial charge is 0.260 e. The van der Waals surface area contributed by atoms with Crippen LogP contribution in [0.4, 0.5) is 5.82 Å². The number of aryl methyl sites for hydroxylation is 1. The van der Waals surface area contributed by atoms with E-state index in [1.165, 1.54) is 0 Å². The van der Waals surface area contributed by atoms with Gasteiger partial charge in [0.1, 0.15) is 11.5 Å². The number of fused-ring (bicyclic) bond motifs is 1. The summed E-state index contributed by atoms with van der Waals surface area (Å²) in [5.74, 6) is 0.233. The number of pyridine rings is 2. The van der Waals surface area contributed by atoms with Crippen LogP contribution in [-0.2, 0) is 7.05 Å². The zero-order chi connectivity index (χ0) is 22.1. The lowest BCUT2D eigenvalue weighted by Crippen LogP contribution is -2.34. The average molecular weight is 432 g/mol. The Bertz CT molecular complexity index is 1250. The third kappa shape index (κ3) is 4.09. The number of aromatic nitrogens is 7. The lowest BCUT2D eigenvalue weighted by atomic mass is 10.1. The van der Waals surface area contributed by atoms with Gasteiger partial charge in [0.05, 0.1) is 35.7 Å². The van der Waals surface area contributed by atoms with E-state index in [0.29, 0.717) is 17.4 Å². The molecule has 1 amide bonds. The minimum atomic E-state index is -0.230. The second kappa shape index (κ2) is 8.46. The summed E-state index contributed by atoms with van der Waals surface area (Å²) in [5, 5.41) is 16.3. The molecule has 4 aromatic heterocycles. The minimum Gasteiger partial charge on any atom is -0.306 e. The molecule has 0 radical (unpaired) electrons. The second-order valence-corrected chi connectivity index (χ2v) is 8.09. The van der Waals surface area contributed by atoms with Crippen molar-refractivity contribution in [1.29, 1.82) is 0 Å². The number of likely N-dealkylation sites (tertiary alicyclic amines) is 1. The SMILES string of the molecule is CCN1CCC(n2cc(C(=O)Nc3cc4cc(-c5cn(C)nn5)cnc4cn3)cn2)CC1. The fourth-order valence-electron chi connectivity index (χ4n) is 4.06. The van der Waals surface area contributed by atoms with Crippen LogP contribution in [0.2, 0.25) is 0 Å². The van der Waals surface area contributed by atoms with Crippen LogP contribution in [0.1, 0.15) is 36.2 Å². The van der Waals surface area contributed by atoms with Gasteiger partial charge in [-0.3, -0.25) is 19.1 Å². The summed E-state index contributed by atoms with van der Waals surface area (Å²) in [6.45, 7) is 5.39. The summed E-state index contributed by atoms with van der Waals surface area (Å²) in [4.78, 5) is 24.0. The Kier molecular flexibility index (Phi) is 5.36. The van der Waals surface area contributed by atoms with Gasteiger partial charge in [-0.25, -0.2) is 4.98 Å². The van der Waals surface area contributed by atoms with E-state index in [-0.39, 0.29) is 5.91 Å². The first kappa shape index (κ1) is 20.3. The van der Waals surface area contributed by atoms with Crippen LogP contribution in [0.15, 0.2) is 43.1 Å². The molecule has 0 unspecified atom stereocenters. The molecule has 1 aliphatic heterocycles. The van der Waals surface area contributed by atoms with Crippen molar-refractivity contribution >= 4 is 22.6 Å². The van der Waals surface area contributed by atoms with Gasteiger partial charge in [0.2, 0.25) is 0 Å². The van der Waals surface area contributed by atoms with Crippen LogP contribution in [0, 0.1) is 0 Å². The lowest BCUT2D eigenvalue weighted by molar-refractivity contribution is 0.102. The monoisotopic (exact) mass is 431 g/mol. The van der Waals surface area contributed by atoms with E-state index in [9.17, 15) is 4.79 Å². The Morgan fingerprint density at radius 3 is 2.72 bits per heavy atom. The molecule has 1 fully saturated rings. The third-order valence-electron chi connectivity index (χ3n) is 5.95. The van der Waals surface area contributed by atoms with Gasteiger partial charge >= 0.3 is 0 Å². The summed E-state index contributed by atoms with van der Waals surface area (Å²) in [7, 11) is 1.82. The maximum Gasteiger partial charge on any atom is 0.260 e. The molecule has 164 valence electrons. The summed E-state index contributed by atoms with van der Waals surface area (Å²) >= 11 is 0. The lowest BCUT2D eigenvalue weighted by Gasteiger charge is -2.31. The highest BCUT2D eigenvalue weighted by Crippen LogP contribution is 2.24. The van der Waals surface area contributed by atoms with E-state index in [1.807, 2.05) is 36.3 Å². The molecule has 0 aromatic carbocycles. The Balaban J connectivity index is 1.31. The van der Waals surface area contributed by atoms with E-state index in [1.54, 1.807) is 23.3 Å². The topological polar surface area (TPSA) is 107 Å². The normalized spacial score (nSPS) is 15.3. The zero-order valence-corrected chi connectivity index (χ0v) is 18.1. The molecule has 32 heavy (non-hydrogen) atoms. The number of rotatable bonds is 5. The highest BCUT2D eigenvalue weighted by molar-refractivity contribution is 6.04. The molecule has 1 saturated heterocycles. The van der Waals surface area contributed by atoms with Crippen molar-refractivity contribution in [2.24, 2.45) is 7.05 Å². The first-order valence-corrected chi connectivity index (χ1v) is 10.8. The predicted molar refractivity (Wildman–Crippen MR) is 120 cm³/mol. The van der Waals surface area contributed by atoms with Gasteiger partial charge in [0.25, 0.3) is 5.91 Å². The Morgan fingerprint density at radius 2 is 1.97 bits per heavy atom. The van der Waals surface area contributed by atoms with Crippen molar-refractivity contribution in [1.82, 2.24) is 39.6 Å². The van der Waals surface area contributed by atoms with E-state index in [0.717, 1.165) is 54.6 Å². The number of carbonyl (C=O) groups excluding carboxylic acids is 1. The molecule has 0 aliphatic carbocycles. The van der Waals surface area contributed by atoms with Gasteiger partial charge in [0, 0.05) is 43.5 Å². The third-order valence-corrected chi connectivity index (χ3v) is 5.95. The number of carbonyl (C=O) groups is 1. The van der Waals surface area contributed by atoms with E-state index in [2.05, 4.69) is 42.5 Å². The van der Waals surface area contributed by atoms with Gasteiger partial charge in [-0.1, -0.05) is 12.1 Å². The van der Waals surface area contributed by atoms with Gasteiger partial charge in [-0.05, 0) is 31.5 Å². The standard InChI is InChI=1S/C22H25N9O/c1-3-30-6-4-18(5-7-30)31-13-17(11-25-31)22(32)26-21-9-15-8-16(10-23-19(15)12-24-21)20-14-29(2)28-27-20/h8-14,18H,3-7H2,1-2H3,(H,24,26,32). The van der Waals surface area contributed by atoms with Crippen molar-refractivity contribution in [3.8, 4) is 11.3 Å². The van der Waals surface area contributed by atoms with Gasteiger partial charge in [0.15, 0.2) is 0 Å². The molecule has 0 atom stereocenters. The highest BCUT2D eigenvalue weighted by Gasteiger charge is 2.21. The summed E-state index contributed by atoms with van der Waals surface area (Å²) in [6, 6.07) is 4.11. The van der Waals surface area contributed by atoms with Crippen LogP contribution in [0.25, 0.3) is 22.2 Å². The molecule has 1 N–H and O–H groups in total. The molecule has 10 nitrogen and oxygen atoms in total. The second-order valence-electron chi connectivity index (χ2n) is 8.09. The quantitative estimate of drug-likeness (QED) is 0.517. The Morgan fingerprint density at radius 1 is 1.12 bits per heavy atom. The van der Waals surface area contributed by atoms with Gasteiger partial charge < -0.3 is 10.2 Å². The number of amides is 1. The number of piperidine rings is 1. The van der Waals surface area contributed by atoms with Crippen LogP contribution < -0.4 is 5.32 Å². The fourth-order valence-corrected chi connectivity index (χ4v) is 4.06. The van der Waals surface area contributed by atoms with Crippen molar-refractivity contribution in [2.75, 3.05) is 25.0 Å². The molecule has 4 aromatic rings. The number of hydrogen-bond acceptors (Lipinski definition) is 7. The van der Waals surface area contributed by atoms with Crippen LogP contribution in [0.3, 0.4) is 0 Å². The van der Waals surface area contributed by atoms with Gasteiger partial charge in [-0.2, -0.15) is 5.10 Å². The summed E-state index contributed by atoms with van der Waals surface area (Å²) in [5.41, 5.74) is 2.85. The summed E-state index contributed by atoms with van der Waals surface area (Å²) < 4.78 is 3.57. The first-order valence-electron chi connectivity index (χ1n) is 10.8. The Labute approximate surface area is 185 Å². The predicted octanol–water partition coefficient (Wildman–Crippen LogP) is 2.53. The largest absolute Gasteiger partial charge is 0.306 e. The number of hydrogen-bond donors (Lipinski definition) is 1. The molecule has 0 saturated carbocycles. The van der Waals surface area contributed by atoms with E-state index in [4.69, 9.17) is 0 Å². The number of nitrogens with zero attached hydrogens (tertiary/aromatic N) is 8. The van der Waals surface area contributed by atoms with Crippen molar-refractivity contribution in [3.63, 3.8) is 0 Å². The van der Waals surface area contributed by atoms with Crippen molar-refractivity contribution < 1.29 is 4.79 Å². The first-order chi connectivity index (χ1) is 15.6. The van der Waals surface area contributed by atoms with Crippen LogP contribution in [0.5, 0.6) is 0 Å². The minimum absolute atomic E-state index is 0.230. The van der Waals surface area contributed by atoms with Crippen molar-refractivity contribution in [3.05, 3.63) is 48.7 Å². The number of anilines is 1. The molecule has 10 heteroatoms. The zero-order valence-electron chi connectivity index (χ0n) is 18.1. The maximum atomic E-state index is 12.8. The molecule has 0 spiro atoms. The molecular weight excluding hydrogens is 406 g/mol. The molecule has 5 rings (SSSR count). The van der Waals surface area contributed by atoms with E-state index >= 15 is 0 Å². The Hall–Kier alpha value is -3.66. The van der Waals surface area contributed by atoms with Crippen LogP contribution in [-0.4, -0.2) is 65.2 Å². The van der Waals surface area contributed by atoms with Crippen molar-refractivity contribution in [2.45, 2.75) is 25.8 Å². The van der Waals surface area contributed by atoms with Crippen LogP contribution >= 0.6 is 0 Å². The fraction of sp³-hybridized carbons (Fsp3) is 0.364. The maximum absolute atomic E-state index is 12.8. The molecular formula is C22H25N9O. The molecule has 5 heterocycles. The molecule has 0 bridgehead atoms. The highest BCUT2D eigenvalue weighted by atomic mass is 16.1. The number of nitrogens with one attached hydrogen (secondary N) is 1. The van der Waals surface area contributed by atoms with Gasteiger partial charge in [-0.15, -0.1) is 5.10 Å².